The standard InChI is InChI=1S/C29H27F2NO4.C28H26F5NO4.C28H28FNO5.C26H24F5NO5/c1-17-21(14-26(33)32-15-18-7-5-4-6-8-18)22-13-20(30)9-10-23(22)28(17)16-29(28,31)19-11-24(35-2)27(34)25(12-19)36-3;1-26(31)27(32,14-23(35)34-15-16-7-5-4-6-8-16)20-13-18(29)9-10-19(20)28(26,33)25(30)17-11-21(37-2)24(36)22(12-17)38-3;1-16-21(14-25(31)30-15-19-5-4-10-35-19)22-13-18(29)6-7-20(22)26(16)28(8-9-28)17-11-23(33-2)27(32)24(12-17)34-3;1-24(29)25(30,12-21(33)32-13-16-5-4-8-37-16)18-11-15(27)6-7-17(18)26(24,31)23(28)14-9-19(35-2)22(34)20(10-14)36-3/h4-13,34H,14-16H2,1-3H3,(H,32,33);4-13,25,36H,14-15H2,1-3H3,(H,34,35);4-7,10-13,26,32H,8-9,14-15H2,1-3H3,(H,30,31);4-11,23,34H,12-13H2,1-3H3,(H,32,33). The van der Waals surface area contributed by atoms with E-state index in [1.165, 1.54) is 77.2 Å². The highest BCUT2D eigenvalue weighted by Gasteiger charge is 2.78. The molecule has 10 aromatic carbocycles. The average Bonchev–Trinajstić information content (AvgIpc) is 1.48. The highest BCUT2D eigenvalue weighted by Crippen LogP contribution is 2.76. The third-order valence-corrected chi connectivity index (χ3v) is 28.8. The number of hydrogen-bond donors (Lipinski definition) is 8. The van der Waals surface area contributed by atoms with Gasteiger partial charge in [-0.25, -0.2) is 57.1 Å². The highest BCUT2D eigenvalue weighted by molar-refractivity contribution is 5.96. The van der Waals surface area contributed by atoms with Crippen LogP contribution in [-0.4, -0.2) is 112 Å². The van der Waals surface area contributed by atoms with E-state index in [-0.39, 0.29) is 107 Å². The molecule has 2 saturated carbocycles. The Bertz CT molecular complexity index is 6910. The monoisotopic (exact) mass is 2030 g/mol. The minimum atomic E-state index is -3.72. The summed E-state index contributed by atoms with van der Waals surface area (Å²) in [5, 5.41) is 51.6. The number of nitrogens with one attached hydrogen (secondary N) is 4. The number of methoxy groups -OCH3 is 8. The van der Waals surface area contributed by atoms with Crippen molar-refractivity contribution >= 4 is 34.8 Å². The Balaban J connectivity index is 0.000000146. The molecule has 11 unspecified atom stereocenters. The van der Waals surface area contributed by atoms with Crippen LogP contribution >= 0.6 is 0 Å². The summed E-state index contributed by atoms with van der Waals surface area (Å²) in [5.74, 6) is -5.81. The molecular formula is C111H105F13N4O18. The number of amides is 4. The molecule has 12 aromatic rings. The summed E-state index contributed by atoms with van der Waals surface area (Å²) < 4.78 is 258. The lowest BCUT2D eigenvalue weighted by atomic mass is 9.75. The second kappa shape index (κ2) is 41.1. The quantitative estimate of drug-likeness (QED) is 0.0187. The Morgan fingerprint density at radius 3 is 1.12 bits per heavy atom. The fraction of sp³-hybridized carbons (Fsp3) is 0.315. The zero-order valence-corrected chi connectivity index (χ0v) is 81.2. The number of benzene rings is 10. The number of phenolic OH excluding ortho intramolecular Hbond substituents is 4. The van der Waals surface area contributed by atoms with Gasteiger partial charge in [0.25, 0.3) is 0 Å². The van der Waals surface area contributed by atoms with Crippen LogP contribution in [0.4, 0.5) is 57.1 Å². The van der Waals surface area contributed by atoms with Gasteiger partial charge in [0.15, 0.2) is 86.7 Å². The minimum Gasteiger partial charge on any atom is -0.502 e. The van der Waals surface area contributed by atoms with Gasteiger partial charge in [-0.2, -0.15) is 0 Å². The van der Waals surface area contributed by atoms with Gasteiger partial charge in [0.1, 0.15) is 34.8 Å². The minimum absolute atomic E-state index is 0.00910. The molecular weight excluding hydrogens is 1920 g/mol. The smallest absolute Gasteiger partial charge is 0.224 e. The number of ether oxygens (including phenoxy) is 8. The van der Waals surface area contributed by atoms with E-state index in [1.807, 2.05) is 62.4 Å². The largest absolute Gasteiger partial charge is 0.502 e. The van der Waals surface area contributed by atoms with Gasteiger partial charge >= 0.3 is 0 Å². The SMILES string of the molecule is COc1cc(C(F)C2(F)c3ccc(F)cc3C(F)(CC(=O)NCc3ccccc3)C2(C)F)cc(OC)c1O.COc1cc(C(F)C2(F)c3ccc(F)cc3C(F)(CC(=O)NCc3ccco3)C2(C)F)cc(OC)c1O.COc1cc(C2(C3C(C)=C(CC(=O)NCc4ccco4)c4cc(F)ccc43)CC2)cc(OC)c1O.COc1cc(C2(F)CC23C(C)=C(CC(=O)NCc2ccccc2)c2cc(F)ccc23)cc(OC)c1O. The van der Waals surface area contributed by atoms with Gasteiger partial charge in [-0.3, -0.25) is 19.2 Å². The number of carbonyl (C=O) groups excluding carboxylic acids is 4. The highest BCUT2D eigenvalue weighted by atomic mass is 19.2. The van der Waals surface area contributed by atoms with Gasteiger partial charge in [-0.15, -0.1) is 0 Å². The first-order chi connectivity index (χ1) is 69.4. The summed E-state index contributed by atoms with van der Waals surface area (Å²) in [6.07, 6.45) is -3.24. The van der Waals surface area contributed by atoms with E-state index in [0.717, 1.165) is 123 Å². The summed E-state index contributed by atoms with van der Waals surface area (Å²) >= 11 is 0. The molecule has 0 radical (unpaired) electrons. The van der Waals surface area contributed by atoms with Crippen LogP contribution in [-0.2, 0) is 84.5 Å². The van der Waals surface area contributed by atoms with Crippen LogP contribution in [0.1, 0.15) is 180 Å². The second-order valence-electron chi connectivity index (χ2n) is 36.7. The summed E-state index contributed by atoms with van der Waals surface area (Å²) in [5.41, 5.74) is -20.0. The maximum atomic E-state index is 16.9. The molecule has 35 heteroatoms. The predicted molar refractivity (Wildman–Crippen MR) is 512 cm³/mol. The van der Waals surface area contributed by atoms with Crippen molar-refractivity contribution in [3.05, 3.63) is 343 Å². The van der Waals surface area contributed by atoms with Crippen molar-refractivity contribution in [2.45, 2.75) is 168 Å². The zero-order chi connectivity index (χ0) is 105. The first-order valence-corrected chi connectivity index (χ1v) is 46.1. The van der Waals surface area contributed by atoms with Crippen LogP contribution < -0.4 is 59.2 Å². The molecule has 4 amide bonds. The van der Waals surface area contributed by atoms with Gasteiger partial charge in [0, 0.05) is 53.1 Å². The summed E-state index contributed by atoms with van der Waals surface area (Å²) in [7, 11) is 10.4. The van der Waals surface area contributed by atoms with Crippen molar-refractivity contribution < 1.29 is 143 Å². The Kier molecular flexibility index (Phi) is 29.6. The molecule has 2 heterocycles. The normalized spacial score (nSPS) is 22.6. The van der Waals surface area contributed by atoms with Crippen LogP contribution in [0.15, 0.2) is 239 Å². The molecule has 6 aliphatic rings. The van der Waals surface area contributed by atoms with Crippen LogP contribution in [0.5, 0.6) is 69.0 Å². The second-order valence-corrected chi connectivity index (χ2v) is 36.7. The molecule has 0 aliphatic heterocycles. The first kappa shape index (κ1) is 105. The summed E-state index contributed by atoms with van der Waals surface area (Å²) in [6.45, 7) is 5.33. The van der Waals surface area contributed by atoms with E-state index in [9.17, 15) is 57.2 Å². The Morgan fingerprint density at radius 1 is 0.390 bits per heavy atom. The van der Waals surface area contributed by atoms with Crippen LogP contribution in [0, 0.1) is 23.3 Å². The summed E-state index contributed by atoms with van der Waals surface area (Å²) in [4.78, 5) is 51.1. The number of alkyl halides is 9. The summed E-state index contributed by atoms with van der Waals surface area (Å²) in [6, 6.07) is 48.4. The van der Waals surface area contributed by atoms with E-state index in [2.05, 4.69) is 21.3 Å². The van der Waals surface area contributed by atoms with E-state index in [4.69, 9.17) is 46.7 Å². The van der Waals surface area contributed by atoms with Crippen LogP contribution in [0.3, 0.4) is 0 Å². The van der Waals surface area contributed by atoms with Crippen molar-refractivity contribution in [1.82, 2.24) is 21.3 Å². The van der Waals surface area contributed by atoms with E-state index in [0.29, 0.717) is 95.5 Å². The number of rotatable bonds is 31. The number of hydrogen-bond acceptors (Lipinski definition) is 18. The maximum absolute atomic E-state index is 16.9. The van der Waals surface area contributed by atoms with E-state index < -0.39 is 144 Å². The molecule has 0 bridgehead atoms. The van der Waals surface area contributed by atoms with Crippen molar-refractivity contribution in [1.29, 1.82) is 0 Å². The average molecular weight is 2030 g/mol. The van der Waals surface area contributed by atoms with E-state index in [1.54, 1.807) is 60.9 Å². The molecule has 1 spiro atoms. The lowest BCUT2D eigenvalue weighted by Crippen LogP contribution is -2.53. The molecule has 2 aromatic heterocycles. The number of halogens is 13. The van der Waals surface area contributed by atoms with Gasteiger partial charge in [-0.1, -0.05) is 96.1 Å². The lowest BCUT2D eigenvalue weighted by Gasteiger charge is -2.39. The number of phenols is 4. The molecule has 0 saturated heterocycles. The third kappa shape index (κ3) is 18.5. The van der Waals surface area contributed by atoms with Crippen LogP contribution in [0.2, 0.25) is 0 Å². The van der Waals surface area contributed by atoms with Gasteiger partial charge < -0.3 is 88.4 Å². The molecule has 768 valence electrons. The number of fused-ring (bicyclic) bond motifs is 5. The van der Waals surface area contributed by atoms with Crippen molar-refractivity contribution in [3.8, 4) is 69.0 Å². The zero-order valence-electron chi connectivity index (χ0n) is 81.2. The Labute approximate surface area is 831 Å². The van der Waals surface area contributed by atoms with Crippen LogP contribution in [0.25, 0.3) is 11.1 Å². The molecule has 18 rings (SSSR count). The van der Waals surface area contributed by atoms with Crippen molar-refractivity contribution in [2.75, 3.05) is 56.9 Å². The Hall–Kier alpha value is -15.2. The van der Waals surface area contributed by atoms with E-state index >= 15 is 39.5 Å². The molecule has 146 heavy (non-hydrogen) atoms. The topological polar surface area (TPSA) is 297 Å². The van der Waals surface area contributed by atoms with Crippen molar-refractivity contribution in [3.63, 3.8) is 0 Å². The molecule has 11 atom stereocenters. The number of carbonyl (C=O) groups is 4. The third-order valence-electron chi connectivity index (χ3n) is 28.8. The Morgan fingerprint density at radius 2 is 0.733 bits per heavy atom. The van der Waals surface area contributed by atoms with Gasteiger partial charge in [0.2, 0.25) is 58.0 Å². The molecule has 6 aliphatic carbocycles. The predicted octanol–water partition coefficient (Wildman–Crippen LogP) is 22.7. The number of furan rings is 2. The maximum Gasteiger partial charge on any atom is 0.224 e. The van der Waals surface area contributed by atoms with Gasteiger partial charge in [-0.05, 0) is 229 Å². The molecule has 22 nitrogen and oxygen atoms in total. The molecule has 8 N–H and O–H groups in total. The van der Waals surface area contributed by atoms with Crippen molar-refractivity contribution in [2.24, 2.45) is 0 Å². The fourth-order valence-corrected chi connectivity index (χ4v) is 20.8. The molecule has 2 fully saturated rings. The number of allylic oxidation sites excluding steroid dienone is 2. The fourth-order valence-electron chi connectivity index (χ4n) is 20.8. The number of aromatic hydroxyl groups is 4. The first-order valence-electron chi connectivity index (χ1n) is 46.1. The van der Waals surface area contributed by atoms with Gasteiger partial charge in [0.05, 0.1) is 114 Å². The lowest BCUT2D eigenvalue weighted by molar-refractivity contribution is -0.159.